The van der Waals surface area contributed by atoms with Gasteiger partial charge in [-0.25, -0.2) is 14.8 Å². The van der Waals surface area contributed by atoms with E-state index in [-0.39, 0.29) is 49.6 Å². The third-order valence-corrected chi connectivity index (χ3v) is 15.6. The second-order valence-electron chi connectivity index (χ2n) is 20.5. The van der Waals surface area contributed by atoms with Gasteiger partial charge in [0.25, 0.3) is 5.56 Å². The highest BCUT2D eigenvalue weighted by Gasteiger charge is 2.45. The topological polar surface area (TPSA) is 168 Å². The number of piperidine rings is 2. The number of H-pyrrole nitrogens is 1. The van der Waals surface area contributed by atoms with Crippen LogP contribution in [0, 0.1) is 12.3 Å². The van der Waals surface area contributed by atoms with Gasteiger partial charge in [-0.3, -0.25) is 9.59 Å². The standard InChI is InChI=1S/C59H63N9O6/c1-4-27-63-58(2)25-31-67(32-26-58)41-23-29-68(30-24-41)56-64-51-21-18-39(49-35-66(3)55(70)53-47(49)22-28-60-53)33-48(51)54(65-56)59(74-42-19-20-42,40-12-6-5-7-13-40)37-72-38-62-52(69)34-61-57(71)73-36-50-45-16-10-8-14-43(45)44-15-9-11-17-46(44)50/h1,5-18,21-22,28,33,35,41-42,50,60,63H,19-20,23-27,29-32,34,36-38H2,2-3H3,(H,61,71)(H,62,69)/t59-/m0/s1. The fourth-order valence-corrected chi connectivity index (χ4v) is 11.3. The number of aryl methyl sites for hydroxylation is 1. The van der Waals surface area contributed by atoms with Crippen molar-refractivity contribution >= 4 is 39.8 Å². The fourth-order valence-electron chi connectivity index (χ4n) is 11.3. The van der Waals surface area contributed by atoms with E-state index in [0.717, 1.165) is 120 Å². The van der Waals surface area contributed by atoms with Crippen molar-refractivity contribution in [3.05, 3.63) is 148 Å². The molecule has 0 radical (unpaired) electrons. The van der Waals surface area contributed by atoms with Crippen LogP contribution in [0.4, 0.5) is 10.7 Å². The van der Waals surface area contributed by atoms with Crippen LogP contribution < -0.4 is 26.4 Å². The highest BCUT2D eigenvalue weighted by atomic mass is 16.6. The number of terminal acetylenes is 1. The van der Waals surface area contributed by atoms with Crippen LogP contribution in [-0.4, -0.2) is 113 Å². The summed E-state index contributed by atoms with van der Waals surface area (Å²) in [4.78, 5) is 58.4. The number of carbonyl (C=O) groups excluding carboxylic acids is 2. The maximum atomic E-state index is 13.3. The number of likely N-dealkylation sites (tertiary alicyclic amines) is 1. The molecule has 1 saturated carbocycles. The van der Waals surface area contributed by atoms with Gasteiger partial charge in [0.15, 0.2) is 5.60 Å². The number of hydrogen-bond donors (Lipinski definition) is 4. The molecule has 380 valence electrons. The minimum absolute atomic E-state index is 0.00255. The molecule has 2 amide bonds. The summed E-state index contributed by atoms with van der Waals surface area (Å²) in [5.74, 6) is 2.81. The molecule has 3 fully saturated rings. The summed E-state index contributed by atoms with van der Waals surface area (Å²) >= 11 is 0. The van der Waals surface area contributed by atoms with Crippen molar-refractivity contribution in [1.29, 1.82) is 0 Å². The van der Waals surface area contributed by atoms with Crippen molar-refractivity contribution in [3.8, 4) is 34.6 Å². The molecule has 0 bridgehead atoms. The first-order valence-electron chi connectivity index (χ1n) is 25.9. The Morgan fingerprint density at radius 1 is 0.851 bits per heavy atom. The van der Waals surface area contributed by atoms with E-state index in [9.17, 15) is 14.4 Å². The Morgan fingerprint density at radius 3 is 2.28 bits per heavy atom. The van der Waals surface area contributed by atoms with Crippen molar-refractivity contribution in [2.24, 2.45) is 7.05 Å². The van der Waals surface area contributed by atoms with Gasteiger partial charge in [-0.2, -0.15) is 0 Å². The van der Waals surface area contributed by atoms with Gasteiger partial charge in [0, 0.05) is 79.5 Å². The molecule has 4 aromatic carbocycles. The molecule has 2 aliphatic carbocycles. The number of pyridine rings is 1. The summed E-state index contributed by atoms with van der Waals surface area (Å²) < 4.78 is 21.0. The summed E-state index contributed by atoms with van der Waals surface area (Å²) in [7, 11) is 1.76. The Bertz CT molecular complexity index is 3250. The van der Waals surface area contributed by atoms with Crippen LogP contribution >= 0.6 is 0 Å². The number of aromatic amines is 1. The summed E-state index contributed by atoms with van der Waals surface area (Å²) in [5, 5.41) is 10.6. The molecule has 3 aromatic heterocycles. The molecular weight excluding hydrogens is 931 g/mol. The zero-order valence-electron chi connectivity index (χ0n) is 42.1. The van der Waals surface area contributed by atoms with Gasteiger partial charge in [-0.1, -0.05) is 90.8 Å². The third-order valence-electron chi connectivity index (χ3n) is 15.6. The largest absolute Gasteiger partial charge is 0.449 e. The third kappa shape index (κ3) is 9.90. The number of aromatic nitrogens is 4. The number of benzene rings is 4. The van der Waals surface area contributed by atoms with Crippen LogP contribution in [0.3, 0.4) is 0 Å². The summed E-state index contributed by atoms with van der Waals surface area (Å²) in [6.45, 7) is 6.15. The van der Waals surface area contributed by atoms with Crippen molar-refractivity contribution < 1.29 is 23.8 Å². The van der Waals surface area contributed by atoms with E-state index in [1.165, 1.54) is 0 Å². The van der Waals surface area contributed by atoms with Crippen molar-refractivity contribution in [3.63, 3.8) is 0 Å². The fraction of sp³-hybridized carbons (Fsp3) is 0.373. The van der Waals surface area contributed by atoms with Gasteiger partial charge >= 0.3 is 6.09 Å². The first-order chi connectivity index (χ1) is 36.1. The second kappa shape index (κ2) is 20.9. The number of amides is 2. The lowest BCUT2D eigenvalue weighted by Crippen LogP contribution is -2.55. The molecule has 0 spiro atoms. The zero-order chi connectivity index (χ0) is 50.8. The number of fused-ring (bicyclic) bond motifs is 5. The van der Waals surface area contributed by atoms with E-state index >= 15 is 0 Å². The predicted molar refractivity (Wildman–Crippen MR) is 287 cm³/mol. The number of nitrogens with one attached hydrogen (secondary N) is 4. The second-order valence-corrected chi connectivity index (χ2v) is 20.5. The molecule has 1 atom stereocenters. The molecule has 15 heteroatoms. The lowest BCUT2D eigenvalue weighted by Gasteiger charge is -2.45. The summed E-state index contributed by atoms with van der Waals surface area (Å²) in [5.41, 5.74) is 7.70. The first kappa shape index (κ1) is 48.9. The Kier molecular flexibility index (Phi) is 13.8. The molecular formula is C59H63N9O6. The molecule has 0 unspecified atom stereocenters. The SMILES string of the molecule is C#CCNC1(C)CCN(C2CCN(c3nc([C@@](COCNC(=O)CNC(=O)OCC4c5ccccc5-c5ccccc54)(OC4CC4)c4ccccc4)c4cc(-c5cn(C)c(=O)c6[nH]ccc56)ccc4n3)CC2)CC1. The molecule has 15 nitrogen and oxygen atoms in total. The molecule has 2 saturated heterocycles. The average molecular weight is 994 g/mol. The quantitative estimate of drug-likeness (QED) is 0.0404. The summed E-state index contributed by atoms with van der Waals surface area (Å²) in [6.07, 6.45) is 14.3. The summed E-state index contributed by atoms with van der Waals surface area (Å²) in [6, 6.07) is 34.9. The highest BCUT2D eigenvalue weighted by molar-refractivity contribution is 5.97. The van der Waals surface area contributed by atoms with E-state index in [0.29, 0.717) is 29.7 Å². The lowest BCUT2D eigenvalue weighted by molar-refractivity contribution is -0.124. The van der Waals surface area contributed by atoms with Gasteiger partial charge in [-0.15, -0.1) is 6.42 Å². The predicted octanol–water partition coefficient (Wildman–Crippen LogP) is 7.57. The number of hydrogen-bond acceptors (Lipinski definition) is 11. The smallest absolute Gasteiger partial charge is 0.407 e. The lowest BCUT2D eigenvalue weighted by atomic mass is 9.87. The van der Waals surface area contributed by atoms with Crippen LogP contribution in [0.5, 0.6) is 0 Å². The average Bonchev–Trinajstić information content (AvgIpc) is 4.01. The van der Waals surface area contributed by atoms with Crippen LogP contribution in [0.1, 0.15) is 73.8 Å². The number of alkyl carbamates (subject to hydrolysis) is 1. The van der Waals surface area contributed by atoms with Gasteiger partial charge in [-0.05, 0) is 97.0 Å². The maximum absolute atomic E-state index is 13.3. The first-order valence-corrected chi connectivity index (χ1v) is 25.9. The number of carbonyl (C=O) groups is 2. The number of ether oxygens (including phenoxy) is 3. The van der Waals surface area contributed by atoms with Gasteiger partial charge in [0.05, 0.1) is 30.5 Å². The van der Waals surface area contributed by atoms with Crippen LogP contribution in [0.15, 0.2) is 120 Å². The van der Waals surface area contributed by atoms with Crippen LogP contribution in [0.2, 0.25) is 0 Å². The minimum Gasteiger partial charge on any atom is -0.449 e. The van der Waals surface area contributed by atoms with E-state index < -0.39 is 17.6 Å². The zero-order valence-corrected chi connectivity index (χ0v) is 42.1. The van der Waals surface area contributed by atoms with Crippen molar-refractivity contribution in [1.82, 2.24) is 40.4 Å². The van der Waals surface area contributed by atoms with Crippen LogP contribution in [-0.2, 0) is 31.7 Å². The van der Waals surface area contributed by atoms with Gasteiger partial charge in [0.1, 0.15) is 25.4 Å². The molecule has 7 aromatic rings. The maximum Gasteiger partial charge on any atom is 0.407 e. The molecule has 2 aliphatic heterocycles. The monoisotopic (exact) mass is 993 g/mol. The Hall–Kier alpha value is -7.35. The number of anilines is 1. The highest BCUT2D eigenvalue weighted by Crippen LogP contribution is 2.46. The number of nitrogens with zero attached hydrogens (tertiary/aromatic N) is 5. The molecule has 5 heterocycles. The van der Waals surface area contributed by atoms with E-state index in [1.807, 2.05) is 72.9 Å². The van der Waals surface area contributed by atoms with Crippen molar-refractivity contribution in [2.75, 3.05) is 64.1 Å². The van der Waals surface area contributed by atoms with Gasteiger partial charge in [0.2, 0.25) is 11.9 Å². The Labute approximate surface area is 431 Å². The molecule has 74 heavy (non-hydrogen) atoms. The van der Waals surface area contributed by atoms with E-state index in [1.54, 1.807) is 17.8 Å². The van der Waals surface area contributed by atoms with E-state index in [2.05, 4.69) is 80.0 Å². The Balaban J connectivity index is 0.849. The molecule has 4 aliphatic rings. The van der Waals surface area contributed by atoms with Gasteiger partial charge < -0.3 is 49.5 Å². The minimum atomic E-state index is -1.25. The van der Waals surface area contributed by atoms with Crippen molar-refractivity contribution in [2.45, 2.75) is 74.7 Å². The molecule has 4 N–H and O–H groups in total. The number of rotatable bonds is 17. The van der Waals surface area contributed by atoms with Crippen LogP contribution in [0.25, 0.3) is 44.1 Å². The van der Waals surface area contributed by atoms with E-state index in [4.69, 9.17) is 30.6 Å². The molecule has 11 rings (SSSR count). The normalized spacial score (nSPS) is 17.6. The Morgan fingerprint density at radius 2 is 1.57 bits per heavy atom.